The number of unbranched alkanes of at least 4 members (excludes halogenated alkanes) is 2. The Labute approximate surface area is 84.8 Å². The van der Waals surface area contributed by atoms with Gasteiger partial charge in [-0.3, -0.25) is 0 Å². The lowest BCUT2D eigenvalue weighted by Crippen LogP contribution is -2.19. The van der Waals surface area contributed by atoms with E-state index in [0.717, 1.165) is 19.4 Å². The van der Waals surface area contributed by atoms with Crippen molar-refractivity contribution in [3.8, 4) is 0 Å². The molecule has 0 aromatic carbocycles. The van der Waals surface area contributed by atoms with Crippen LogP contribution in [0.15, 0.2) is 0 Å². The van der Waals surface area contributed by atoms with Crippen LogP contribution in [-0.2, 0) is 9.47 Å². The molecule has 0 aliphatic carbocycles. The summed E-state index contributed by atoms with van der Waals surface area (Å²) in [6.45, 7) is 1.63. The molecule has 2 unspecified atom stereocenters. The zero-order valence-electron chi connectivity index (χ0n) is 8.52. The molecule has 4 nitrogen and oxygen atoms in total. The van der Waals surface area contributed by atoms with Crippen molar-refractivity contribution in [1.82, 2.24) is 0 Å². The summed E-state index contributed by atoms with van der Waals surface area (Å²) in [4.78, 5) is 0. The van der Waals surface area contributed by atoms with Crippen LogP contribution in [0.1, 0.15) is 25.7 Å². The molecule has 1 aliphatic rings. The van der Waals surface area contributed by atoms with E-state index in [0.29, 0.717) is 12.7 Å². The second kappa shape index (κ2) is 7.17. The van der Waals surface area contributed by atoms with Crippen molar-refractivity contribution >= 4 is 0 Å². The topological polar surface area (TPSA) is 62.2 Å². The van der Waals surface area contributed by atoms with Crippen LogP contribution in [0.25, 0.3) is 0 Å². The summed E-state index contributed by atoms with van der Waals surface area (Å²) in [6.07, 6.45) is 4.33. The third kappa shape index (κ3) is 6.32. The number of epoxide rings is 1. The lowest BCUT2D eigenvalue weighted by Gasteiger charge is -2.07. The van der Waals surface area contributed by atoms with Gasteiger partial charge in [0.15, 0.2) is 0 Å². The predicted octanol–water partition coefficient (Wildman–Crippen LogP) is 0.315. The summed E-state index contributed by atoms with van der Waals surface area (Å²) >= 11 is 0. The standard InChI is InChI=1S/C10H20O4/c11-6-9(12)7-13-5-3-1-2-4-10-8-14-10/h9-12H,1-8H2. The van der Waals surface area contributed by atoms with E-state index in [1.54, 1.807) is 0 Å². The minimum atomic E-state index is -0.727. The highest BCUT2D eigenvalue weighted by atomic mass is 16.6. The normalized spacial score (nSPS) is 22.3. The molecule has 0 bridgehead atoms. The molecule has 1 aliphatic heterocycles. The van der Waals surface area contributed by atoms with Crippen LogP contribution in [-0.4, -0.2) is 48.8 Å². The molecule has 2 N–H and O–H groups in total. The Morgan fingerprint density at radius 2 is 2.14 bits per heavy atom. The molecule has 2 atom stereocenters. The number of aliphatic hydroxyl groups excluding tert-OH is 2. The maximum absolute atomic E-state index is 8.95. The Kier molecular flexibility index (Phi) is 6.10. The van der Waals surface area contributed by atoms with Crippen molar-refractivity contribution in [2.45, 2.75) is 37.9 Å². The second-order valence-corrected chi connectivity index (χ2v) is 3.72. The van der Waals surface area contributed by atoms with Gasteiger partial charge in [-0.05, 0) is 12.8 Å². The van der Waals surface area contributed by atoms with Crippen LogP contribution in [0.5, 0.6) is 0 Å². The van der Waals surface area contributed by atoms with Gasteiger partial charge in [-0.1, -0.05) is 12.8 Å². The molecule has 1 saturated heterocycles. The van der Waals surface area contributed by atoms with Gasteiger partial charge < -0.3 is 19.7 Å². The number of hydrogen-bond donors (Lipinski definition) is 2. The Balaban J connectivity index is 1.70. The van der Waals surface area contributed by atoms with Crippen LogP contribution >= 0.6 is 0 Å². The van der Waals surface area contributed by atoms with Gasteiger partial charge in [0, 0.05) is 6.61 Å². The van der Waals surface area contributed by atoms with Gasteiger partial charge in [0.2, 0.25) is 0 Å². The molecular weight excluding hydrogens is 184 g/mol. The number of hydrogen-bond acceptors (Lipinski definition) is 4. The van der Waals surface area contributed by atoms with Crippen molar-refractivity contribution in [3.05, 3.63) is 0 Å². The molecular formula is C10H20O4. The fraction of sp³-hybridized carbons (Fsp3) is 1.00. The van der Waals surface area contributed by atoms with Crippen molar-refractivity contribution in [2.24, 2.45) is 0 Å². The quantitative estimate of drug-likeness (QED) is 0.419. The van der Waals surface area contributed by atoms with Crippen LogP contribution in [0.4, 0.5) is 0 Å². The average molecular weight is 204 g/mol. The smallest absolute Gasteiger partial charge is 0.100 e. The van der Waals surface area contributed by atoms with Gasteiger partial charge >= 0.3 is 0 Å². The predicted molar refractivity (Wildman–Crippen MR) is 52.1 cm³/mol. The van der Waals surface area contributed by atoms with E-state index in [2.05, 4.69) is 0 Å². The Bertz CT molecular complexity index is 136. The summed E-state index contributed by atoms with van der Waals surface area (Å²) in [5.74, 6) is 0. The second-order valence-electron chi connectivity index (χ2n) is 3.72. The van der Waals surface area contributed by atoms with Crippen LogP contribution in [0.3, 0.4) is 0 Å². The molecule has 0 radical (unpaired) electrons. The fourth-order valence-corrected chi connectivity index (χ4v) is 1.26. The molecule has 14 heavy (non-hydrogen) atoms. The molecule has 84 valence electrons. The van der Waals surface area contributed by atoms with Crippen molar-refractivity contribution < 1.29 is 19.7 Å². The Hall–Kier alpha value is -0.160. The van der Waals surface area contributed by atoms with Crippen LogP contribution in [0, 0.1) is 0 Å². The molecule has 1 heterocycles. The average Bonchev–Trinajstić information content (AvgIpc) is 2.99. The number of rotatable bonds is 9. The first-order valence-electron chi connectivity index (χ1n) is 5.31. The first-order chi connectivity index (χ1) is 6.83. The van der Waals surface area contributed by atoms with E-state index in [1.807, 2.05) is 0 Å². The highest BCUT2D eigenvalue weighted by molar-refractivity contribution is 4.68. The maximum Gasteiger partial charge on any atom is 0.100 e. The zero-order valence-corrected chi connectivity index (χ0v) is 8.52. The SMILES string of the molecule is OCC(O)COCCCCCC1CO1. The van der Waals surface area contributed by atoms with E-state index in [4.69, 9.17) is 19.7 Å². The molecule has 0 saturated carbocycles. The lowest BCUT2D eigenvalue weighted by molar-refractivity contribution is 0.00524. The monoisotopic (exact) mass is 204 g/mol. The highest BCUT2D eigenvalue weighted by Crippen LogP contribution is 2.16. The zero-order chi connectivity index (χ0) is 10.2. The summed E-state index contributed by atoms with van der Waals surface area (Å²) in [5.41, 5.74) is 0. The van der Waals surface area contributed by atoms with Crippen LogP contribution < -0.4 is 0 Å². The maximum atomic E-state index is 8.95. The van der Waals surface area contributed by atoms with E-state index < -0.39 is 6.10 Å². The highest BCUT2D eigenvalue weighted by Gasteiger charge is 2.20. The Morgan fingerprint density at radius 3 is 2.79 bits per heavy atom. The molecule has 0 spiro atoms. The molecule has 4 heteroatoms. The summed E-state index contributed by atoms with van der Waals surface area (Å²) in [6, 6.07) is 0. The van der Waals surface area contributed by atoms with E-state index in [9.17, 15) is 0 Å². The van der Waals surface area contributed by atoms with Gasteiger partial charge in [-0.25, -0.2) is 0 Å². The molecule has 0 aromatic heterocycles. The van der Waals surface area contributed by atoms with E-state index >= 15 is 0 Å². The molecule has 1 fully saturated rings. The lowest BCUT2D eigenvalue weighted by atomic mass is 10.2. The minimum Gasteiger partial charge on any atom is -0.394 e. The van der Waals surface area contributed by atoms with E-state index in [-0.39, 0.29) is 13.2 Å². The third-order valence-corrected chi connectivity index (χ3v) is 2.24. The largest absolute Gasteiger partial charge is 0.394 e. The van der Waals surface area contributed by atoms with Gasteiger partial charge in [0.1, 0.15) is 6.10 Å². The third-order valence-electron chi connectivity index (χ3n) is 2.24. The van der Waals surface area contributed by atoms with Gasteiger partial charge in [0.05, 0.1) is 25.9 Å². The summed E-state index contributed by atoms with van der Waals surface area (Å²) in [5, 5.41) is 17.4. The van der Waals surface area contributed by atoms with Crippen molar-refractivity contribution in [3.63, 3.8) is 0 Å². The van der Waals surface area contributed by atoms with Crippen molar-refractivity contribution in [2.75, 3.05) is 26.4 Å². The number of aliphatic hydroxyl groups is 2. The molecule has 0 amide bonds. The summed E-state index contributed by atoms with van der Waals surface area (Å²) in [7, 11) is 0. The number of ether oxygens (including phenoxy) is 2. The van der Waals surface area contributed by atoms with Gasteiger partial charge in [-0.15, -0.1) is 0 Å². The first-order valence-corrected chi connectivity index (χ1v) is 5.31. The van der Waals surface area contributed by atoms with Crippen LogP contribution in [0.2, 0.25) is 0 Å². The van der Waals surface area contributed by atoms with Gasteiger partial charge in [0.25, 0.3) is 0 Å². The molecule has 0 aromatic rings. The molecule has 1 rings (SSSR count). The van der Waals surface area contributed by atoms with Gasteiger partial charge in [-0.2, -0.15) is 0 Å². The summed E-state index contributed by atoms with van der Waals surface area (Å²) < 4.78 is 10.3. The van der Waals surface area contributed by atoms with E-state index in [1.165, 1.54) is 12.8 Å². The minimum absolute atomic E-state index is 0.223. The Morgan fingerprint density at radius 1 is 1.36 bits per heavy atom. The fourth-order valence-electron chi connectivity index (χ4n) is 1.26. The van der Waals surface area contributed by atoms with Crippen molar-refractivity contribution in [1.29, 1.82) is 0 Å². The first kappa shape index (κ1) is 11.9.